The van der Waals surface area contributed by atoms with E-state index in [0.717, 1.165) is 0 Å². The molecule has 24 heavy (non-hydrogen) atoms. The molecule has 0 radical (unpaired) electrons. The van der Waals surface area contributed by atoms with E-state index in [0.29, 0.717) is 47.6 Å². The first kappa shape index (κ1) is 14.5. The molecule has 2 aromatic carbocycles. The summed E-state index contributed by atoms with van der Waals surface area (Å²) in [7, 11) is 0. The number of ether oxygens (including phenoxy) is 5. The molecule has 0 spiro atoms. The first-order valence-corrected chi connectivity index (χ1v) is 7.50. The zero-order valence-corrected chi connectivity index (χ0v) is 12.7. The lowest BCUT2D eigenvalue weighted by Crippen LogP contribution is -2.20. The molecular formula is C17H15NO6. The summed E-state index contributed by atoms with van der Waals surface area (Å²) in [4.78, 5) is 12.0. The first-order chi connectivity index (χ1) is 11.8. The van der Waals surface area contributed by atoms with Gasteiger partial charge in [-0.1, -0.05) is 0 Å². The summed E-state index contributed by atoms with van der Waals surface area (Å²) in [6.45, 7) is 1.11. The number of fused-ring (bicyclic) bond motifs is 2. The predicted octanol–water partition coefficient (Wildman–Crippen LogP) is 2.20. The van der Waals surface area contributed by atoms with Crippen LogP contribution in [0.5, 0.6) is 28.7 Å². The van der Waals surface area contributed by atoms with E-state index in [1.165, 1.54) is 0 Å². The zero-order chi connectivity index (χ0) is 16.4. The monoisotopic (exact) mass is 329 g/mol. The van der Waals surface area contributed by atoms with Crippen molar-refractivity contribution in [2.45, 2.75) is 0 Å². The van der Waals surface area contributed by atoms with Crippen LogP contribution in [0.25, 0.3) is 0 Å². The Bertz CT molecular complexity index is 776. The summed E-state index contributed by atoms with van der Waals surface area (Å²) in [6.07, 6.45) is 0. The molecule has 0 aliphatic carbocycles. The van der Waals surface area contributed by atoms with E-state index >= 15 is 0 Å². The van der Waals surface area contributed by atoms with Crippen molar-refractivity contribution < 1.29 is 28.5 Å². The van der Waals surface area contributed by atoms with Crippen LogP contribution in [0.4, 0.5) is 5.69 Å². The SMILES string of the molecule is O=C(COc1ccc2c(c1)OCCO2)Nc1ccc2c(c1)OCO2. The molecule has 7 nitrogen and oxygen atoms in total. The van der Waals surface area contributed by atoms with Crippen molar-refractivity contribution in [3.63, 3.8) is 0 Å². The highest BCUT2D eigenvalue weighted by Gasteiger charge is 2.15. The van der Waals surface area contributed by atoms with Crippen LogP contribution in [-0.4, -0.2) is 32.5 Å². The summed E-state index contributed by atoms with van der Waals surface area (Å²) in [5.74, 6) is 2.85. The van der Waals surface area contributed by atoms with Crippen LogP contribution in [0, 0.1) is 0 Å². The molecule has 124 valence electrons. The zero-order valence-electron chi connectivity index (χ0n) is 12.7. The van der Waals surface area contributed by atoms with Gasteiger partial charge < -0.3 is 29.0 Å². The van der Waals surface area contributed by atoms with Gasteiger partial charge in [0.15, 0.2) is 29.6 Å². The lowest BCUT2D eigenvalue weighted by Gasteiger charge is -2.18. The molecule has 7 heteroatoms. The molecule has 4 rings (SSSR count). The maximum absolute atomic E-state index is 12.0. The van der Waals surface area contributed by atoms with Crippen molar-refractivity contribution in [1.82, 2.24) is 0 Å². The third-order valence-electron chi connectivity index (χ3n) is 3.54. The summed E-state index contributed by atoms with van der Waals surface area (Å²) in [5, 5.41) is 2.75. The van der Waals surface area contributed by atoms with Crippen LogP contribution in [0.15, 0.2) is 36.4 Å². The molecule has 2 aliphatic rings. The van der Waals surface area contributed by atoms with Crippen molar-refractivity contribution >= 4 is 11.6 Å². The van der Waals surface area contributed by atoms with Crippen molar-refractivity contribution in [3.8, 4) is 28.7 Å². The molecule has 1 N–H and O–H groups in total. The van der Waals surface area contributed by atoms with Gasteiger partial charge in [-0.15, -0.1) is 0 Å². The summed E-state index contributed by atoms with van der Waals surface area (Å²) < 4.78 is 26.9. The van der Waals surface area contributed by atoms with E-state index in [1.54, 1.807) is 36.4 Å². The smallest absolute Gasteiger partial charge is 0.262 e. The summed E-state index contributed by atoms with van der Waals surface area (Å²) in [5.41, 5.74) is 0.620. The van der Waals surface area contributed by atoms with Gasteiger partial charge in [0, 0.05) is 17.8 Å². The van der Waals surface area contributed by atoms with Gasteiger partial charge in [-0.05, 0) is 24.3 Å². The number of benzene rings is 2. The molecule has 2 aromatic rings. The second-order valence-electron chi connectivity index (χ2n) is 5.21. The maximum Gasteiger partial charge on any atom is 0.262 e. The van der Waals surface area contributed by atoms with E-state index in [2.05, 4.69) is 5.32 Å². The van der Waals surface area contributed by atoms with Crippen LogP contribution in [0.2, 0.25) is 0 Å². The van der Waals surface area contributed by atoms with Crippen molar-refractivity contribution in [2.24, 2.45) is 0 Å². The average molecular weight is 329 g/mol. The van der Waals surface area contributed by atoms with Crippen molar-refractivity contribution in [3.05, 3.63) is 36.4 Å². The standard InChI is InChI=1S/C17H15NO6/c19-17(18-11-1-3-14-15(7-11)24-10-23-14)9-22-12-2-4-13-16(8-12)21-6-5-20-13/h1-4,7-8H,5-6,9-10H2,(H,18,19). The molecule has 0 saturated heterocycles. The number of anilines is 1. The van der Waals surface area contributed by atoms with E-state index in [1.807, 2.05) is 0 Å². The topological polar surface area (TPSA) is 75.3 Å². The van der Waals surface area contributed by atoms with Crippen LogP contribution >= 0.6 is 0 Å². The Balaban J connectivity index is 1.35. The second-order valence-corrected chi connectivity index (χ2v) is 5.21. The number of nitrogens with one attached hydrogen (secondary N) is 1. The van der Waals surface area contributed by atoms with Crippen LogP contribution in [0.3, 0.4) is 0 Å². The Labute approximate surface area is 138 Å². The molecular weight excluding hydrogens is 314 g/mol. The number of hydrogen-bond acceptors (Lipinski definition) is 6. The van der Waals surface area contributed by atoms with Gasteiger partial charge in [0.2, 0.25) is 6.79 Å². The number of carbonyl (C=O) groups is 1. The van der Waals surface area contributed by atoms with Gasteiger partial charge in [-0.2, -0.15) is 0 Å². The van der Waals surface area contributed by atoms with E-state index in [-0.39, 0.29) is 19.3 Å². The van der Waals surface area contributed by atoms with E-state index in [9.17, 15) is 4.79 Å². The van der Waals surface area contributed by atoms with Crippen molar-refractivity contribution in [2.75, 3.05) is 31.9 Å². The quantitative estimate of drug-likeness (QED) is 0.927. The highest BCUT2D eigenvalue weighted by atomic mass is 16.7. The number of carbonyl (C=O) groups excluding carboxylic acids is 1. The van der Waals surface area contributed by atoms with E-state index in [4.69, 9.17) is 23.7 Å². The molecule has 0 aromatic heterocycles. The highest BCUT2D eigenvalue weighted by molar-refractivity contribution is 5.92. The molecule has 0 atom stereocenters. The number of hydrogen-bond donors (Lipinski definition) is 1. The Kier molecular flexibility index (Phi) is 3.74. The Morgan fingerprint density at radius 3 is 2.54 bits per heavy atom. The predicted molar refractivity (Wildman–Crippen MR) is 84.1 cm³/mol. The third-order valence-corrected chi connectivity index (χ3v) is 3.54. The molecule has 2 aliphatic heterocycles. The fraction of sp³-hybridized carbons (Fsp3) is 0.235. The lowest BCUT2D eigenvalue weighted by molar-refractivity contribution is -0.118. The lowest BCUT2D eigenvalue weighted by atomic mass is 10.2. The number of amides is 1. The molecule has 0 unspecified atom stereocenters. The van der Waals surface area contributed by atoms with Gasteiger partial charge in [0.05, 0.1) is 0 Å². The Morgan fingerprint density at radius 1 is 0.917 bits per heavy atom. The largest absolute Gasteiger partial charge is 0.486 e. The molecule has 0 bridgehead atoms. The van der Waals surface area contributed by atoms with Gasteiger partial charge in [0.25, 0.3) is 5.91 Å². The van der Waals surface area contributed by atoms with Crippen LogP contribution < -0.4 is 29.0 Å². The van der Waals surface area contributed by atoms with Gasteiger partial charge in [-0.3, -0.25) is 4.79 Å². The minimum absolute atomic E-state index is 0.117. The first-order valence-electron chi connectivity index (χ1n) is 7.50. The minimum Gasteiger partial charge on any atom is -0.486 e. The fourth-order valence-electron chi connectivity index (χ4n) is 2.43. The normalized spacial score (nSPS) is 14.2. The second kappa shape index (κ2) is 6.19. The van der Waals surface area contributed by atoms with Crippen molar-refractivity contribution in [1.29, 1.82) is 0 Å². The van der Waals surface area contributed by atoms with Gasteiger partial charge in [0.1, 0.15) is 19.0 Å². The Morgan fingerprint density at radius 2 is 1.62 bits per heavy atom. The summed E-state index contributed by atoms with van der Waals surface area (Å²) >= 11 is 0. The molecule has 0 fully saturated rings. The third kappa shape index (κ3) is 3.01. The molecule has 0 saturated carbocycles. The van der Waals surface area contributed by atoms with E-state index < -0.39 is 0 Å². The Hall–Kier alpha value is -3.09. The minimum atomic E-state index is -0.274. The number of rotatable bonds is 4. The molecule has 2 heterocycles. The summed E-state index contributed by atoms with van der Waals surface area (Å²) in [6, 6.07) is 10.4. The van der Waals surface area contributed by atoms with Gasteiger partial charge >= 0.3 is 0 Å². The average Bonchev–Trinajstić information content (AvgIpc) is 3.07. The van der Waals surface area contributed by atoms with Gasteiger partial charge in [-0.25, -0.2) is 0 Å². The molecule has 1 amide bonds. The van der Waals surface area contributed by atoms with Crippen LogP contribution in [-0.2, 0) is 4.79 Å². The maximum atomic E-state index is 12.0. The van der Waals surface area contributed by atoms with Crippen LogP contribution in [0.1, 0.15) is 0 Å². The fourth-order valence-corrected chi connectivity index (χ4v) is 2.43. The highest BCUT2D eigenvalue weighted by Crippen LogP contribution is 2.35.